The number of ether oxygens (including phenoxy) is 1. The maximum absolute atomic E-state index is 11.8. The molecule has 0 aliphatic heterocycles. The molecule has 0 radical (unpaired) electrons. The van der Waals surface area contributed by atoms with Gasteiger partial charge < -0.3 is 9.72 Å². The van der Waals surface area contributed by atoms with Crippen molar-refractivity contribution in [3.05, 3.63) is 29.5 Å². The number of Topliss-reactive ketones (excluding diaryl/α,β-unsaturated/α-hetero) is 2. The van der Waals surface area contributed by atoms with Gasteiger partial charge in [-0.15, -0.1) is 0 Å². The number of carbonyl (C=O) groups is 2. The number of H-pyrrole nitrogens is 1. The van der Waals surface area contributed by atoms with Gasteiger partial charge in [-0.25, -0.2) is 0 Å². The lowest BCUT2D eigenvalue weighted by molar-refractivity contribution is -0.113. The molecule has 0 amide bonds. The van der Waals surface area contributed by atoms with E-state index in [4.69, 9.17) is 10.00 Å². The average Bonchev–Trinajstić information content (AvgIpc) is 2.81. The molecule has 2 aromatic rings. The van der Waals surface area contributed by atoms with Gasteiger partial charge >= 0.3 is 0 Å². The number of nitrogens with one attached hydrogen (secondary N) is 1. The highest BCUT2D eigenvalue weighted by atomic mass is 16.5. The monoisotopic (exact) mass is 242 g/mol. The number of nitriles is 1. The third kappa shape index (κ3) is 1.64. The zero-order chi connectivity index (χ0) is 13.3. The van der Waals surface area contributed by atoms with Crippen molar-refractivity contribution < 1.29 is 14.3 Å². The first-order valence-electron chi connectivity index (χ1n) is 5.23. The minimum absolute atomic E-state index is 0.228. The number of hydrogen-bond acceptors (Lipinski definition) is 4. The number of fused-ring (bicyclic) bond motifs is 1. The summed E-state index contributed by atoms with van der Waals surface area (Å²) in [5, 5.41) is 9.46. The molecule has 0 saturated carbocycles. The van der Waals surface area contributed by atoms with Crippen molar-refractivity contribution >= 4 is 22.5 Å². The van der Waals surface area contributed by atoms with Gasteiger partial charge in [0, 0.05) is 13.1 Å². The zero-order valence-electron chi connectivity index (χ0n) is 9.90. The fourth-order valence-electron chi connectivity index (χ4n) is 1.85. The van der Waals surface area contributed by atoms with Crippen molar-refractivity contribution in [1.82, 2.24) is 4.98 Å². The highest BCUT2D eigenvalue weighted by Crippen LogP contribution is 2.31. The number of ketones is 2. The van der Waals surface area contributed by atoms with E-state index in [9.17, 15) is 9.59 Å². The van der Waals surface area contributed by atoms with Gasteiger partial charge in [0.2, 0.25) is 5.78 Å². The Labute approximate surface area is 103 Å². The van der Waals surface area contributed by atoms with E-state index in [1.165, 1.54) is 20.2 Å². The summed E-state index contributed by atoms with van der Waals surface area (Å²) in [6.07, 6.45) is 1.43. The van der Waals surface area contributed by atoms with Crippen LogP contribution >= 0.6 is 0 Å². The van der Waals surface area contributed by atoms with Crippen LogP contribution in [-0.2, 0) is 4.79 Å². The molecule has 90 valence electrons. The number of hydrogen-bond donors (Lipinski definition) is 1. The molecule has 1 aromatic heterocycles. The summed E-state index contributed by atoms with van der Waals surface area (Å²) in [4.78, 5) is 25.8. The topological polar surface area (TPSA) is 82.9 Å². The Bertz CT molecular complexity index is 692. The lowest BCUT2D eigenvalue weighted by atomic mass is 10.0. The van der Waals surface area contributed by atoms with E-state index in [2.05, 4.69) is 4.98 Å². The van der Waals surface area contributed by atoms with Crippen LogP contribution in [0.25, 0.3) is 10.9 Å². The summed E-state index contributed by atoms with van der Waals surface area (Å²) in [7, 11) is 1.47. The Morgan fingerprint density at radius 2 is 2.11 bits per heavy atom. The van der Waals surface area contributed by atoms with Gasteiger partial charge in [-0.1, -0.05) is 0 Å². The second kappa shape index (κ2) is 4.34. The average molecular weight is 242 g/mol. The molecular weight excluding hydrogens is 232 g/mol. The smallest absolute Gasteiger partial charge is 0.230 e. The normalized spacial score (nSPS) is 10.1. The Morgan fingerprint density at radius 3 is 2.67 bits per heavy atom. The lowest BCUT2D eigenvalue weighted by Gasteiger charge is -2.04. The largest absolute Gasteiger partial charge is 0.496 e. The van der Waals surface area contributed by atoms with Gasteiger partial charge in [-0.2, -0.15) is 5.26 Å². The van der Waals surface area contributed by atoms with Crippen molar-refractivity contribution in [3.63, 3.8) is 0 Å². The number of carbonyl (C=O) groups excluding carboxylic acids is 2. The highest BCUT2D eigenvalue weighted by molar-refractivity contribution is 6.45. The zero-order valence-corrected chi connectivity index (χ0v) is 9.90. The van der Waals surface area contributed by atoms with Gasteiger partial charge in [0.25, 0.3) is 0 Å². The standard InChI is InChI=1S/C13H10N2O3/c1-7(16)13(17)9-6-15-12-8(5-14)3-4-10(18-2)11(9)12/h3-4,6,15H,1-2H3. The molecule has 0 aliphatic rings. The highest BCUT2D eigenvalue weighted by Gasteiger charge is 2.20. The first kappa shape index (κ1) is 11.9. The first-order valence-corrected chi connectivity index (χ1v) is 5.23. The molecule has 0 bridgehead atoms. The van der Waals surface area contributed by atoms with Crippen LogP contribution in [0.4, 0.5) is 0 Å². The van der Waals surface area contributed by atoms with Crippen LogP contribution in [-0.4, -0.2) is 23.7 Å². The maximum Gasteiger partial charge on any atom is 0.230 e. The number of nitrogens with zero attached hydrogens (tertiary/aromatic N) is 1. The number of benzene rings is 1. The minimum atomic E-state index is -0.602. The van der Waals surface area contributed by atoms with Crippen molar-refractivity contribution in [2.75, 3.05) is 7.11 Å². The lowest BCUT2D eigenvalue weighted by Crippen LogP contribution is -2.09. The second-order valence-electron chi connectivity index (χ2n) is 3.76. The quantitative estimate of drug-likeness (QED) is 0.657. The summed E-state index contributed by atoms with van der Waals surface area (Å²) in [5.74, 6) is -0.704. The molecule has 0 fully saturated rings. The van der Waals surface area contributed by atoms with Gasteiger partial charge in [-0.05, 0) is 12.1 Å². The van der Waals surface area contributed by atoms with E-state index >= 15 is 0 Å². The Balaban J connectivity index is 2.82. The molecule has 0 spiro atoms. The number of rotatable bonds is 3. The Hall–Kier alpha value is -2.61. The molecule has 5 heteroatoms. The van der Waals surface area contributed by atoms with Crippen LogP contribution in [0.2, 0.25) is 0 Å². The molecule has 0 unspecified atom stereocenters. The Kier molecular flexibility index (Phi) is 2.86. The number of aromatic amines is 1. The van der Waals surface area contributed by atoms with Crippen LogP contribution in [0.5, 0.6) is 5.75 Å². The molecule has 1 aromatic carbocycles. The fraction of sp³-hybridized carbons (Fsp3) is 0.154. The molecule has 0 atom stereocenters. The molecule has 2 rings (SSSR count). The molecule has 5 nitrogen and oxygen atoms in total. The third-order valence-electron chi connectivity index (χ3n) is 2.70. The molecule has 0 saturated heterocycles. The van der Waals surface area contributed by atoms with Gasteiger partial charge in [0.15, 0.2) is 5.78 Å². The predicted molar refractivity (Wildman–Crippen MR) is 64.6 cm³/mol. The van der Waals surface area contributed by atoms with Gasteiger partial charge in [0.05, 0.1) is 29.1 Å². The van der Waals surface area contributed by atoms with E-state index in [1.54, 1.807) is 12.1 Å². The van der Waals surface area contributed by atoms with Crippen LogP contribution in [0.1, 0.15) is 22.8 Å². The van der Waals surface area contributed by atoms with Crippen molar-refractivity contribution in [3.8, 4) is 11.8 Å². The first-order chi connectivity index (χ1) is 8.60. The summed E-state index contributed by atoms with van der Waals surface area (Å²) in [5.41, 5.74) is 1.13. The van der Waals surface area contributed by atoms with Crippen LogP contribution < -0.4 is 4.74 Å². The molecule has 1 heterocycles. The summed E-state index contributed by atoms with van der Waals surface area (Å²) >= 11 is 0. The van der Waals surface area contributed by atoms with E-state index in [0.717, 1.165) is 0 Å². The SMILES string of the molecule is COc1ccc(C#N)c2[nH]cc(C(=O)C(C)=O)c12. The van der Waals surface area contributed by atoms with Crippen LogP contribution in [0.15, 0.2) is 18.3 Å². The summed E-state index contributed by atoms with van der Waals surface area (Å²) in [6.45, 7) is 1.21. The molecule has 18 heavy (non-hydrogen) atoms. The predicted octanol–water partition coefficient (Wildman–Crippen LogP) is 1.82. The van der Waals surface area contributed by atoms with Gasteiger partial charge in [0.1, 0.15) is 11.8 Å². The number of methoxy groups -OCH3 is 1. The fourth-order valence-corrected chi connectivity index (χ4v) is 1.85. The Morgan fingerprint density at radius 1 is 1.39 bits per heavy atom. The van der Waals surface area contributed by atoms with Crippen molar-refractivity contribution in [2.45, 2.75) is 6.92 Å². The van der Waals surface area contributed by atoms with Crippen LogP contribution in [0, 0.1) is 11.3 Å². The van der Waals surface area contributed by atoms with Gasteiger partial charge in [-0.3, -0.25) is 9.59 Å². The van der Waals surface area contributed by atoms with E-state index in [1.807, 2.05) is 6.07 Å². The summed E-state index contributed by atoms with van der Waals surface area (Å²) < 4.78 is 5.16. The van der Waals surface area contributed by atoms with E-state index in [-0.39, 0.29) is 5.56 Å². The molecule has 1 N–H and O–H groups in total. The van der Waals surface area contributed by atoms with E-state index in [0.29, 0.717) is 22.2 Å². The van der Waals surface area contributed by atoms with E-state index < -0.39 is 11.6 Å². The maximum atomic E-state index is 11.8. The third-order valence-corrected chi connectivity index (χ3v) is 2.70. The molecular formula is C13H10N2O3. The summed E-state index contributed by atoms with van der Waals surface area (Å²) in [6, 6.07) is 5.22. The number of aromatic nitrogens is 1. The van der Waals surface area contributed by atoms with Crippen molar-refractivity contribution in [1.29, 1.82) is 5.26 Å². The van der Waals surface area contributed by atoms with Crippen molar-refractivity contribution in [2.24, 2.45) is 0 Å². The second-order valence-corrected chi connectivity index (χ2v) is 3.76. The van der Waals surface area contributed by atoms with Crippen LogP contribution in [0.3, 0.4) is 0 Å². The molecule has 0 aliphatic carbocycles. The minimum Gasteiger partial charge on any atom is -0.496 e.